The lowest BCUT2D eigenvalue weighted by molar-refractivity contribution is -0.137. The summed E-state index contributed by atoms with van der Waals surface area (Å²) in [5.41, 5.74) is 0. The zero-order chi connectivity index (χ0) is 14.6. The lowest BCUT2D eigenvalue weighted by atomic mass is 10.0. The topological polar surface area (TPSA) is 75.6 Å². The van der Waals surface area contributed by atoms with E-state index in [0.717, 1.165) is 44.9 Å². The predicted octanol–water partition coefficient (Wildman–Crippen LogP) is 3.25. The van der Waals surface area contributed by atoms with E-state index in [9.17, 15) is 9.59 Å². The quantitative estimate of drug-likeness (QED) is 0.555. The first-order valence-electron chi connectivity index (χ1n) is 7.50. The third-order valence-electron chi connectivity index (χ3n) is 3.33. The Bertz CT molecular complexity index is 328. The summed E-state index contributed by atoms with van der Waals surface area (Å²) in [6, 6.07) is 0. The largest absolute Gasteiger partial charge is 0.481 e. The van der Waals surface area contributed by atoms with Crippen LogP contribution in [0.1, 0.15) is 57.8 Å². The van der Waals surface area contributed by atoms with Gasteiger partial charge >= 0.3 is 12.1 Å². The molecule has 5 heteroatoms. The van der Waals surface area contributed by atoms with Crippen molar-refractivity contribution in [2.24, 2.45) is 0 Å². The van der Waals surface area contributed by atoms with Crippen LogP contribution < -0.4 is 5.32 Å². The molecule has 5 nitrogen and oxygen atoms in total. The van der Waals surface area contributed by atoms with Crippen molar-refractivity contribution in [3.8, 4) is 0 Å². The summed E-state index contributed by atoms with van der Waals surface area (Å²) in [7, 11) is 0. The van der Waals surface area contributed by atoms with Gasteiger partial charge in [-0.05, 0) is 44.9 Å². The number of amides is 1. The second kappa shape index (κ2) is 10.3. The Kier molecular flexibility index (Phi) is 8.51. The summed E-state index contributed by atoms with van der Waals surface area (Å²) in [6.07, 6.45) is 11.4. The maximum Gasteiger partial charge on any atom is 0.407 e. The summed E-state index contributed by atoms with van der Waals surface area (Å²) < 4.78 is 5.39. The second-order valence-electron chi connectivity index (χ2n) is 5.14. The number of carbonyl (C=O) groups is 2. The van der Waals surface area contributed by atoms with Crippen LogP contribution in [0.25, 0.3) is 0 Å². The molecule has 0 heterocycles. The van der Waals surface area contributed by atoms with Crippen LogP contribution in [0, 0.1) is 0 Å². The maximum absolute atomic E-state index is 11.6. The van der Waals surface area contributed by atoms with Gasteiger partial charge in [0.25, 0.3) is 0 Å². The maximum atomic E-state index is 11.6. The monoisotopic (exact) mass is 283 g/mol. The van der Waals surface area contributed by atoms with Crippen molar-refractivity contribution in [2.45, 2.75) is 63.9 Å². The molecular formula is C15H25NO4. The fourth-order valence-electron chi connectivity index (χ4n) is 2.20. The summed E-state index contributed by atoms with van der Waals surface area (Å²) in [6.45, 7) is 0.547. The fourth-order valence-corrected chi connectivity index (χ4v) is 2.20. The number of hydrogen-bond donors (Lipinski definition) is 2. The predicted molar refractivity (Wildman–Crippen MR) is 76.6 cm³/mol. The molecule has 1 amide bonds. The molecule has 0 spiro atoms. The number of nitrogens with one attached hydrogen (secondary N) is 1. The fraction of sp³-hybridized carbons (Fsp3) is 0.733. The molecular weight excluding hydrogens is 258 g/mol. The molecule has 0 aromatic carbocycles. The Hall–Kier alpha value is -1.52. The second-order valence-corrected chi connectivity index (χ2v) is 5.14. The molecule has 0 aromatic rings. The average Bonchev–Trinajstić information content (AvgIpc) is 2.36. The molecule has 20 heavy (non-hydrogen) atoms. The van der Waals surface area contributed by atoms with Crippen molar-refractivity contribution in [3.05, 3.63) is 12.2 Å². The Morgan fingerprint density at radius 3 is 2.75 bits per heavy atom. The summed E-state index contributed by atoms with van der Waals surface area (Å²) in [5.74, 6) is -0.768. The Morgan fingerprint density at radius 2 is 1.95 bits per heavy atom. The number of carbonyl (C=O) groups excluding carboxylic acids is 1. The summed E-state index contributed by atoms with van der Waals surface area (Å²) >= 11 is 0. The molecule has 1 aliphatic rings. The Balaban J connectivity index is 2.04. The number of hydrogen-bond acceptors (Lipinski definition) is 3. The molecule has 0 aromatic heterocycles. The van der Waals surface area contributed by atoms with E-state index in [1.165, 1.54) is 0 Å². The molecule has 0 fully saturated rings. The smallest absolute Gasteiger partial charge is 0.407 e. The van der Waals surface area contributed by atoms with Gasteiger partial charge in [-0.15, -0.1) is 0 Å². The van der Waals surface area contributed by atoms with Crippen molar-refractivity contribution in [1.82, 2.24) is 5.32 Å². The number of rotatable bonds is 7. The third kappa shape index (κ3) is 8.56. The first kappa shape index (κ1) is 16.5. The minimum atomic E-state index is -0.768. The van der Waals surface area contributed by atoms with Gasteiger partial charge in [0.2, 0.25) is 0 Å². The minimum Gasteiger partial charge on any atom is -0.481 e. The molecule has 1 rings (SSSR count). The number of alkyl carbamates (subject to hydrolysis) is 1. The number of carboxylic acids is 1. The van der Waals surface area contributed by atoms with Crippen LogP contribution in [0.5, 0.6) is 0 Å². The molecule has 1 unspecified atom stereocenters. The normalized spacial score (nSPS) is 18.9. The van der Waals surface area contributed by atoms with E-state index in [-0.39, 0.29) is 18.6 Å². The highest BCUT2D eigenvalue weighted by atomic mass is 16.6. The van der Waals surface area contributed by atoms with Gasteiger partial charge in [0.1, 0.15) is 6.10 Å². The molecule has 0 bridgehead atoms. The molecule has 1 atom stereocenters. The Morgan fingerprint density at radius 1 is 1.15 bits per heavy atom. The molecule has 114 valence electrons. The lowest BCUT2D eigenvalue weighted by Gasteiger charge is -2.18. The molecule has 0 aliphatic heterocycles. The molecule has 1 aliphatic carbocycles. The number of ether oxygens (including phenoxy) is 1. The molecule has 0 radical (unpaired) electrons. The third-order valence-corrected chi connectivity index (χ3v) is 3.33. The highest BCUT2D eigenvalue weighted by Gasteiger charge is 2.14. The van der Waals surface area contributed by atoms with Crippen LogP contribution in [-0.2, 0) is 9.53 Å². The van der Waals surface area contributed by atoms with Crippen LogP contribution >= 0.6 is 0 Å². The number of aliphatic carboxylic acids is 1. The van der Waals surface area contributed by atoms with Crippen LogP contribution in [0.3, 0.4) is 0 Å². The van der Waals surface area contributed by atoms with E-state index in [0.29, 0.717) is 13.0 Å². The van der Waals surface area contributed by atoms with Gasteiger partial charge in [0.15, 0.2) is 0 Å². The zero-order valence-electron chi connectivity index (χ0n) is 12.0. The molecule has 2 N–H and O–H groups in total. The van der Waals surface area contributed by atoms with Crippen molar-refractivity contribution in [2.75, 3.05) is 6.54 Å². The van der Waals surface area contributed by atoms with Crippen molar-refractivity contribution in [3.63, 3.8) is 0 Å². The van der Waals surface area contributed by atoms with Gasteiger partial charge in [0, 0.05) is 13.0 Å². The zero-order valence-corrected chi connectivity index (χ0v) is 12.0. The van der Waals surface area contributed by atoms with E-state index in [4.69, 9.17) is 9.84 Å². The SMILES string of the molecule is O=C(O)CCCCCNC(=O)OC1CCC=CCCC1. The van der Waals surface area contributed by atoms with Crippen molar-refractivity contribution < 1.29 is 19.4 Å². The van der Waals surface area contributed by atoms with Gasteiger partial charge in [0.05, 0.1) is 0 Å². The lowest BCUT2D eigenvalue weighted by Crippen LogP contribution is -2.30. The number of allylic oxidation sites excluding steroid dienone is 2. The van der Waals surface area contributed by atoms with Crippen molar-refractivity contribution >= 4 is 12.1 Å². The van der Waals surface area contributed by atoms with Crippen molar-refractivity contribution in [1.29, 1.82) is 0 Å². The van der Waals surface area contributed by atoms with E-state index >= 15 is 0 Å². The van der Waals surface area contributed by atoms with Gasteiger partial charge < -0.3 is 15.2 Å². The van der Waals surface area contributed by atoms with Crippen LogP contribution in [-0.4, -0.2) is 29.8 Å². The summed E-state index contributed by atoms with van der Waals surface area (Å²) in [5, 5.41) is 11.2. The number of carboxylic acid groups (broad SMARTS) is 1. The van der Waals surface area contributed by atoms with E-state index in [1.54, 1.807) is 0 Å². The summed E-state index contributed by atoms with van der Waals surface area (Å²) in [4.78, 5) is 21.9. The highest BCUT2D eigenvalue weighted by molar-refractivity contribution is 5.67. The van der Waals surface area contributed by atoms with Crippen LogP contribution in [0.15, 0.2) is 12.2 Å². The minimum absolute atomic E-state index is 0.0203. The van der Waals surface area contributed by atoms with Gasteiger partial charge in [-0.25, -0.2) is 4.79 Å². The molecule has 0 saturated heterocycles. The van der Waals surface area contributed by atoms with E-state index < -0.39 is 5.97 Å². The van der Waals surface area contributed by atoms with E-state index in [1.807, 2.05) is 0 Å². The first-order valence-corrected chi connectivity index (χ1v) is 7.50. The Labute approximate surface area is 120 Å². The van der Waals surface area contributed by atoms with Crippen LogP contribution in [0.2, 0.25) is 0 Å². The average molecular weight is 283 g/mol. The van der Waals surface area contributed by atoms with Gasteiger partial charge in [-0.2, -0.15) is 0 Å². The van der Waals surface area contributed by atoms with Gasteiger partial charge in [-0.3, -0.25) is 4.79 Å². The van der Waals surface area contributed by atoms with Crippen LogP contribution in [0.4, 0.5) is 4.79 Å². The number of unbranched alkanes of at least 4 members (excludes halogenated alkanes) is 2. The molecule has 0 saturated carbocycles. The standard InChI is InChI=1S/C15H25NO4/c17-14(18)11-7-4-8-12-16-15(19)20-13-9-5-2-1-3-6-10-13/h1-2,13H,3-12H2,(H,16,19)(H,17,18). The van der Waals surface area contributed by atoms with E-state index in [2.05, 4.69) is 17.5 Å². The van der Waals surface area contributed by atoms with Gasteiger partial charge in [-0.1, -0.05) is 18.6 Å². The first-order chi connectivity index (χ1) is 9.68. The highest BCUT2D eigenvalue weighted by Crippen LogP contribution is 2.15.